The molecule has 1 saturated heterocycles. The SMILES string of the molecule is O=C1NC(=S)N(c2ccc(Cl)cc2)C(=O)C1=Cc1ccccc1Oc1ccc(Cl)cc1Cl. The molecule has 5 nitrogen and oxygen atoms in total. The van der Waals surface area contributed by atoms with Crippen LogP contribution in [0.25, 0.3) is 6.08 Å². The van der Waals surface area contributed by atoms with Gasteiger partial charge in [-0.05, 0) is 66.8 Å². The predicted molar refractivity (Wildman–Crippen MR) is 131 cm³/mol. The van der Waals surface area contributed by atoms with Gasteiger partial charge in [-0.3, -0.25) is 19.8 Å². The zero-order valence-corrected chi connectivity index (χ0v) is 19.2. The Morgan fingerprint density at radius 3 is 2.28 bits per heavy atom. The Labute approximate surface area is 204 Å². The summed E-state index contributed by atoms with van der Waals surface area (Å²) < 4.78 is 5.92. The van der Waals surface area contributed by atoms with E-state index >= 15 is 0 Å². The van der Waals surface area contributed by atoms with Gasteiger partial charge in [0.25, 0.3) is 11.8 Å². The fraction of sp³-hybridized carbons (Fsp3) is 0. The average molecular weight is 504 g/mol. The molecule has 0 aromatic heterocycles. The van der Waals surface area contributed by atoms with Crippen LogP contribution >= 0.6 is 47.0 Å². The van der Waals surface area contributed by atoms with Crippen LogP contribution < -0.4 is 15.0 Å². The molecule has 0 radical (unpaired) electrons. The number of ether oxygens (including phenoxy) is 1. The summed E-state index contributed by atoms with van der Waals surface area (Å²) in [5.41, 5.74) is 0.875. The van der Waals surface area contributed by atoms with Crippen molar-refractivity contribution in [3.8, 4) is 11.5 Å². The summed E-state index contributed by atoms with van der Waals surface area (Å²) in [5.74, 6) is -0.397. The van der Waals surface area contributed by atoms with Crippen LogP contribution in [-0.2, 0) is 9.59 Å². The van der Waals surface area contributed by atoms with Crippen molar-refractivity contribution in [2.45, 2.75) is 0 Å². The van der Waals surface area contributed by atoms with Crippen molar-refractivity contribution in [3.05, 3.63) is 92.9 Å². The van der Waals surface area contributed by atoms with Gasteiger partial charge in [-0.2, -0.15) is 0 Å². The van der Waals surface area contributed by atoms with Gasteiger partial charge in [-0.1, -0.05) is 53.0 Å². The highest BCUT2D eigenvalue weighted by molar-refractivity contribution is 7.80. The number of halogens is 3. The maximum atomic E-state index is 13.2. The van der Waals surface area contributed by atoms with E-state index in [-0.39, 0.29) is 10.7 Å². The van der Waals surface area contributed by atoms with E-state index in [0.29, 0.717) is 37.8 Å². The fourth-order valence-corrected chi connectivity index (χ4v) is 3.86. The van der Waals surface area contributed by atoms with E-state index in [4.69, 9.17) is 51.8 Å². The van der Waals surface area contributed by atoms with E-state index < -0.39 is 11.8 Å². The first-order valence-electron chi connectivity index (χ1n) is 9.22. The van der Waals surface area contributed by atoms with Gasteiger partial charge >= 0.3 is 0 Å². The van der Waals surface area contributed by atoms with E-state index in [1.807, 2.05) is 0 Å². The van der Waals surface area contributed by atoms with Crippen LogP contribution in [0.3, 0.4) is 0 Å². The van der Waals surface area contributed by atoms with Gasteiger partial charge in [0.2, 0.25) is 0 Å². The molecule has 0 saturated carbocycles. The molecule has 1 N–H and O–H groups in total. The number of hydrogen-bond donors (Lipinski definition) is 1. The first-order chi connectivity index (χ1) is 15.3. The lowest BCUT2D eigenvalue weighted by atomic mass is 10.1. The molecule has 160 valence electrons. The van der Waals surface area contributed by atoms with Gasteiger partial charge in [0.1, 0.15) is 17.1 Å². The third-order valence-electron chi connectivity index (χ3n) is 4.52. The van der Waals surface area contributed by atoms with Crippen molar-refractivity contribution in [2.75, 3.05) is 4.90 Å². The highest BCUT2D eigenvalue weighted by atomic mass is 35.5. The minimum absolute atomic E-state index is 0.0167. The van der Waals surface area contributed by atoms with Crippen molar-refractivity contribution in [2.24, 2.45) is 0 Å². The van der Waals surface area contributed by atoms with E-state index in [0.717, 1.165) is 0 Å². The standard InChI is InChI=1S/C23H13Cl3N2O3S/c24-14-5-8-16(9-6-14)28-22(30)17(21(29)27-23(28)32)11-13-3-1-2-4-19(13)31-20-10-7-15(25)12-18(20)26/h1-12H,(H,27,29,32). The quantitative estimate of drug-likeness (QED) is 0.259. The maximum absolute atomic E-state index is 13.2. The smallest absolute Gasteiger partial charge is 0.270 e. The third-order valence-corrected chi connectivity index (χ3v) is 5.59. The van der Waals surface area contributed by atoms with Crippen LogP contribution in [0.1, 0.15) is 5.56 Å². The number of amides is 2. The highest BCUT2D eigenvalue weighted by Crippen LogP contribution is 2.34. The molecule has 1 aliphatic heterocycles. The van der Waals surface area contributed by atoms with Gasteiger partial charge < -0.3 is 4.74 Å². The summed E-state index contributed by atoms with van der Waals surface area (Å²) in [6.07, 6.45) is 1.45. The monoisotopic (exact) mass is 502 g/mol. The molecular weight excluding hydrogens is 491 g/mol. The Kier molecular flexibility index (Phi) is 6.48. The van der Waals surface area contributed by atoms with Crippen LogP contribution in [0.4, 0.5) is 5.69 Å². The molecule has 1 heterocycles. The number of thiocarbonyl (C=S) groups is 1. The second-order valence-electron chi connectivity index (χ2n) is 6.65. The predicted octanol–water partition coefficient (Wildman–Crippen LogP) is 6.27. The summed E-state index contributed by atoms with van der Waals surface area (Å²) in [4.78, 5) is 27.0. The zero-order valence-electron chi connectivity index (χ0n) is 16.1. The van der Waals surface area contributed by atoms with Crippen molar-refractivity contribution < 1.29 is 14.3 Å². The number of carbonyl (C=O) groups is 2. The molecular formula is C23H13Cl3N2O3S. The Morgan fingerprint density at radius 1 is 0.875 bits per heavy atom. The normalized spacial score (nSPS) is 15.2. The summed E-state index contributed by atoms with van der Waals surface area (Å²) >= 11 is 23.3. The second-order valence-corrected chi connectivity index (χ2v) is 8.32. The molecule has 1 fully saturated rings. The van der Waals surface area contributed by atoms with Crippen molar-refractivity contribution in [3.63, 3.8) is 0 Å². The average Bonchev–Trinajstić information content (AvgIpc) is 2.75. The summed E-state index contributed by atoms with van der Waals surface area (Å²) in [6, 6.07) is 18.3. The van der Waals surface area contributed by atoms with E-state index in [9.17, 15) is 9.59 Å². The molecule has 9 heteroatoms. The minimum atomic E-state index is -0.607. The zero-order chi connectivity index (χ0) is 22.8. The van der Waals surface area contributed by atoms with E-state index in [2.05, 4.69) is 5.32 Å². The molecule has 4 rings (SSSR count). The Morgan fingerprint density at radius 2 is 1.56 bits per heavy atom. The Hall–Kier alpha value is -2.90. The third kappa shape index (κ3) is 4.64. The minimum Gasteiger partial charge on any atom is -0.455 e. The number of anilines is 1. The highest BCUT2D eigenvalue weighted by Gasteiger charge is 2.34. The van der Waals surface area contributed by atoms with Gasteiger partial charge in [-0.15, -0.1) is 0 Å². The first kappa shape index (κ1) is 22.3. The van der Waals surface area contributed by atoms with Crippen molar-refractivity contribution >= 4 is 75.7 Å². The molecule has 3 aromatic carbocycles. The number of carbonyl (C=O) groups excluding carboxylic acids is 2. The lowest BCUT2D eigenvalue weighted by molar-refractivity contribution is -0.122. The summed E-state index contributed by atoms with van der Waals surface area (Å²) in [6.45, 7) is 0. The number of nitrogens with zero attached hydrogens (tertiary/aromatic N) is 1. The molecule has 1 aliphatic rings. The molecule has 0 spiro atoms. The topological polar surface area (TPSA) is 58.6 Å². The van der Waals surface area contributed by atoms with Crippen molar-refractivity contribution in [1.29, 1.82) is 0 Å². The van der Waals surface area contributed by atoms with Crippen LogP contribution in [0.5, 0.6) is 11.5 Å². The van der Waals surface area contributed by atoms with Gasteiger partial charge in [-0.25, -0.2) is 0 Å². The van der Waals surface area contributed by atoms with Gasteiger partial charge in [0.15, 0.2) is 5.11 Å². The van der Waals surface area contributed by atoms with Gasteiger partial charge in [0, 0.05) is 15.6 Å². The largest absolute Gasteiger partial charge is 0.455 e. The van der Waals surface area contributed by atoms with E-state index in [1.54, 1.807) is 66.7 Å². The number of hydrogen-bond acceptors (Lipinski definition) is 4. The molecule has 0 aliphatic carbocycles. The van der Waals surface area contributed by atoms with Crippen LogP contribution in [0.2, 0.25) is 15.1 Å². The molecule has 0 unspecified atom stereocenters. The fourth-order valence-electron chi connectivity index (χ4n) is 3.01. The molecule has 32 heavy (non-hydrogen) atoms. The van der Waals surface area contributed by atoms with E-state index in [1.165, 1.54) is 11.0 Å². The van der Waals surface area contributed by atoms with Crippen molar-refractivity contribution in [1.82, 2.24) is 5.32 Å². The Bertz CT molecular complexity index is 1280. The summed E-state index contributed by atoms with van der Waals surface area (Å²) in [7, 11) is 0. The van der Waals surface area contributed by atoms with Crippen LogP contribution in [-0.4, -0.2) is 16.9 Å². The number of para-hydroxylation sites is 1. The molecule has 0 atom stereocenters. The maximum Gasteiger partial charge on any atom is 0.270 e. The number of benzene rings is 3. The molecule has 3 aromatic rings. The van der Waals surface area contributed by atoms with Crippen LogP contribution in [0.15, 0.2) is 72.3 Å². The molecule has 2 amide bonds. The van der Waals surface area contributed by atoms with Crippen LogP contribution in [0, 0.1) is 0 Å². The lowest BCUT2D eigenvalue weighted by Crippen LogP contribution is -2.54. The summed E-state index contributed by atoms with van der Waals surface area (Å²) in [5, 5.41) is 3.84. The first-order valence-corrected chi connectivity index (χ1v) is 10.8. The molecule has 0 bridgehead atoms. The number of rotatable bonds is 4. The number of nitrogens with one attached hydrogen (secondary N) is 1. The second kappa shape index (κ2) is 9.30. The van der Waals surface area contributed by atoms with Gasteiger partial charge in [0.05, 0.1) is 10.7 Å². The lowest BCUT2D eigenvalue weighted by Gasteiger charge is -2.29. The Balaban J connectivity index is 1.71.